The first kappa shape index (κ1) is 16.7. The third-order valence-electron chi connectivity index (χ3n) is 3.14. The monoisotopic (exact) mass is 318 g/mol. The molecule has 0 radical (unpaired) electrons. The summed E-state index contributed by atoms with van der Waals surface area (Å²) in [6.45, 7) is 1.77. The van der Waals surface area contributed by atoms with E-state index in [-0.39, 0.29) is 5.56 Å². The molecular weight excluding hydrogens is 305 g/mol. The number of hydrogen-bond acceptors (Lipinski definition) is 2. The number of aryl methyl sites for hydroxylation is 1. The average Bonchev–Trinajstić information content (AvgIpc) is 2.51. The normalized spacial score (nSPS) is 12.1. The highest BCUT2D eigenvalue weighted by molar-refractivity contribution is 6.30. The van der Waals surface area contributed by atoms with Crippen LogP contribution in [0.25, 0.3) is 6.08 Å². The molecular formula is C18H13F3O2. The summed E-state index contributed by atoms with van der Waals surface area (Å²) in [6.07, 6.45) is -4.13. The van der Waals surface area contributed by atoms with Crippen LogP contribution in [0.15, 0.2) is 60.2 Å². The predicted molar refractivity (Wildman–Crippen MR) is 81.0 cm³/mol. The van der Waals surface area contributed by atoms with Gasteiger partial charge in [0.1, 0.15) is 0 Å². The minimum Gasteiger partial charge on any atom is -0.288 e. The first-order valence-corrected chi connectivity index (χ1v) is 6.78. The molecule has 23 heavy (non-hydrogen) atoms. The van der Waals surface area contributed by atoms with Gasteiger partial charge in [-0.2, -0.15) is 13.2 Å². The minimum absolute atomic E-state index is 0.0315. The number of carbonyl (C=O) groups excluding carboxylic acids is 2. The Balaban J connectivity index is 2.53. The molecule has 5 heteroatoms. The number of rotatable bonds is 4. The Morgan fingerprint density at radius 2 is 1.61 bits per heavy atom. The molecule has 0 heterocycles. The molecule has 2 aromatic carbocycles. The van der Waals surface area contributed by atoms with Crippen LogP contribution in [-0.2, 0) is 4.79 Å². The SMILES string of the molecule is Cc1cccc(/C=C(\C(=O)c2ccccc2)C(=O)C(F)(F)F)c1. The van der Waals surface area contributed by atoms with E-state index in [2.05, 4.69) is 0 Å². The van der Waals surface area contributed by atoms with Crippen LogP contribution in [0.3, 0.4) is 0 Å². The van der Waals surface area contributed by atoms with E-state index >= 15 is 0 Å². The highest BCUT2D eigenvalue weighted by Gasteiger charge is 2.42. The highest BCUT2D eigenvalue weighted by Crippen LogP contribution is 2.25. The smallest absolute Gasteiger partial charge is 0.288 e. The van der Waals surface area contributed by atoms with E-state index in [0.29, 0.717) is 5.56 Å². The van der Waals surface area contributed by atoms with Crippen molar-refractivity contribution in [3.8, 4) is 0 Å². The van der Waals surface area contributed by atoms with Crippen molar-refractivity contribution in [1.82, 2.24) is 0 Å². The summed E-state index contributed by atoms with van der Waals surface area (Å²) in [5, 5.41) is 0. The molecule has 0 saturated heterocycles. The van der Waals surface area contributed by atoms with E-state index in [4.69, 9.17) is 0 Å². The fraction of sp³-hybridized carbons (Fsp3) is 0.111. The first-order chi connectivity index (χ1) is 10.8. The number of alkyl halides is 3. The molecule has 0 aliphatic carbocycles. The quantitative estimate of drug-likeness (QED) is 0.362. The molecule has 2 rings (SSSR count). The summed E-state index contributed by atoms with van der Waals surface area (Å²) < 4.78 is 38.4. The lowest BCUT2D eigenvalue weighted by atomic mass is 9.97. The third-order valence-corrected chi connectivity index (χ3v) is 3.14. The maximum Gasteiger partial charge on any atom is 0.455 e. The average molecular weight is 318 g/mol. The number of Topliss-reactive ketones (excluding diaryl/α,β-unsaturated/α-hetero) is 2. The number of allylic oxidation sites excluding steroid dienone is 1. The largest absolute Gasteiger partial charge is 0.455 e. The van der Waals surface area contributed by atoms with E-state index in [1.807, 2.05) is 0 Å². The van der Waals surface area contributed by atoms with Gasteiger partial charge < -0.3 is 0 Å². The second kappa shape index (κ2) is 6.60. The molecule has 0 unspecified atom stereocenters. The van der Waals surface area contributed by atoms with Crippen molar-refractivity contribution >= 4 is 17.6 Å². The zero-order chi connectivity index (χ0) is 17.0. The molecule has 0 spiro atoms. The Morgan fingerprint density at radius 3 is 2.17 bits per heavy atom. The number of hydrogen-bond donors (Lipinski definition) is 0. The van der Waals surface area contributed by atoms with Crippen molar-refractivity contribution in [1.29, 1.82) is 0 Å². The molecule has 0 N–H and O–H groups in total. The van der Waals surface area contributed by atoms with Crippen molar-refractivity contribution in [2.24, 2.45) is 0 Å². The lowest BCUT2D eigenvalue weighted by molar-refractivity contribution is -0.166. The topological polar surface area (TPSA) is 34.1 Å². The number of ketones is 2. The van der Waals surface area contributed by atoms with Crippen LogP contribution in [0.5, 0.6) is 0 Å². The summed E-state index contributed by atoms with van der Waals surface area (Å²) >= 11 is 0. The molecule has 0 aliphatic heterocycles. The molecule has 0 amide bonds. The van der Waals surface area contributed by atoms with Crippen LogP contribution in [-0.4, -0.2) is 17.7 Å². The number of carbonyl (C=O) groups is 2. The van der Waals surface area contributed by atoms with Gasteiger partial charge in [-0.15, -0.1) is 0 Å². The standard InChI is InChI=1S/C18H13F3O2/c1-12-6-5-7-13(10-12)11-15(17(23)18(19,20)21)16(22)14-8-3-2-4-9-14/h2-11H,1H3/b15-11+. The van der Waals surface area contributed by atoms with Gasteiger partial charge in [-0.05, 0) is 18.6 Å². The molecule has 2 nitrogen and oxygen atoms in total. The summed E-state index contributed by atoms with van der Waals surface area (Å²) in [5.41, 5.74) is 0.310. The van der Waals surface area contributed by atoms with Gasteiger partial charge in [0.05, 0.1) is 5.57 Å². The van der Waals surface area contributed by atoms with Crippen LogP contribution < -0.4 is 0 Å². The van der Waals surface area contributed by atoms with Crippen molar-refractivity contribution in [3.63, 3.8) is 0 Å². The van der Waals surface area contributed by atoms with Crippen molar-refractivity contribution in [2.75, 3.05) is 0 Å². The molecule has 0 aromatic heterocycles. The Bertz CT molecular complexity index is 759. The Hall–Kier alpha value is -2.69. The Morgan fingerprint density at radius 1 is 0.957 bits per heavy atom. The molecule has 0 atom stereocenters. The molecule has 0 aliphatic rings. The van der Waals surface area contributed by atoms with Gasteiger partial charge in [-0.3, -0.25) is 9.59 Å². The molecule has 118 valence electrons. The van der Waals surface area contributed by atoms with Gasteiger partial charge in [-0.1, -0.05) is 60.2 Å². The molecule has 2 aromatic rings. The van der Waals surface area contributed by atoms with E-state index in [1.54, 1.807) is 31.2 Å². The van der Waals surface area contributed by atoms with Gasteiger partial charge in [-0.25, -0.2) is 0 Å². The van der Waals surface area contributed by atoms with E-state index < -0.39 is 23.3 Å². The van der Waals surface area contributed by atoms with Gasteiger partial charge in [0.15, 0.2) is 5.78 Å². The Kier molecular flexibility index (Phi) is 4.79. The predicted octanol–water partition coefficient (Wildman–Crippen LogP) is 4.39. The number of halogens is 3. The lowest BCUT2D eigenvalue weighted by Gasteiger charge is -2.09. The van der Waals surface area contributed by atoms with Crippen molar-refractivity contribution in [2.45, 2.75) is 13.1 Å². The fourth-order valence-corrected chi connectivity index (χ4v) is 2.06. The second-order valence-corrected chi connectivity index (χ2v) is 4.99. The van der Waals surface area contributed by atoms with Gasteiger partial charge in [0, 0.05) is 5.56 Å². The van der Waals surface area contributed by atoms with Crippen molar-refractivity contribution < 1.29 is 22.8 Å². The zero-order valence-corrected chi connectivity index (χ0v) is 12.2. The minimum atomic E-state index is -5.11. The Labute approximate surface area is 131 Å². The van der Waals surface area contributed by atoms with Crippen LogP contribution in [0.2, 0.25) is 0 Å². The summed E-state index contributed by atoms with van der Waals surface area (Å²) in [4.78, 5) is 24.0. The zero-order valence-electron chi connectivity index (χ0n) is 12.2. The van der Waals surface area contributed by atoms with Gasteiger partial charge in [0.2, 0.25) is 0 Å². The maximum atomic E-state index is 12.8. The van der Waals surface area contributed by atoms with E-state index in [9.17, 15) is 22.8 Å². The van der Waals surface area contributed by atoms with Crippen LogP contribution >= 0.6 is 0 Å². The second-order valence-electron chi connectivity index (χ2n) is 4.99. The molecule has 0 bridgehead atoms. The van der Waals surface area contributed by atoms with Crippen molar-refractivity contribution in [3.05, 3.63) is 76.9 Å². The highest BCUT2D eigenvalue weighted by atomic mass is 19.4. The maximum absolute atomic E-state index is 12.8. The van der Waals surface area contributed by atoms with Gasteiger partial charge >= 0.3 is 6.18 Å². The fourth-order valence-electron chi connectivity index (χ4n) is 2.06. The third kappa shape index (κ3) is 4.16. The molecule has 0 saturated carbocycles. The van der Waals surface area contributed by atoms with E-state index in [0.717, 1.165) is 11.6 Å². The summed E-state index contributed by atoms with van der Waals surface area (Å²) in [6, 6.07) is 14.0. The molecule has 0 fully saturated rings. The summed E-state index contributed by atoms with van der Waals surface area (Å²) in [7, 11) is 0. The van der Waals surface area contributed by atoms with E-state index in [1.165, 1.54) is 30.3 Å². The van der Waals surface area contributed by atoms with Crippen LogP contribution in [0.4, 0.5) is 13.2 Å². The first-order valence-electron chi connectivity index (χ1n) is 6.78. The summed E-state index contributed by atoms with van der Waals surface area (Å²) in [5.74, 6) is -3.10. The van der Waals surface area contributed by atoms with Gasteiger partial charge in [0.25, 0.3) is 5.78 Å². The van der Waals surface area contributed by atoms with Crippen LogP contribution in [0.1, 0.15) is 21.5 Å². The lowest BCUT2D eigenvalue weighted by Crippen LogP contribution is -2.28. The number of benzene rings is 2. The van der Waals surface area contributed by atoms with Crippen LogP contribution in [0, 0.1) is 6.92 Å².